The van der Waals surface area contributed by atoms with Crippen LogP contribution in [0.2, 0.25) is 0 Å². The number of amides is 1. The van der Waals surface area contributed by atoms with E-state index in [0.717, 1.165) is 44.7 Å². The van der Waals surface area contributed by atoms with E-state index in [9.17, 15) is 39.9 Å². The number of phenolic OH excluding ortho intramolecular Hbond substituents is 3. The number of Topliss-reactive ketones (excluding diaryl/α,β-unsaturated/α-hetero) is 1. The number of nitrogens with zero attached hydrogens (tertiary/aromatic N) is 1. The molecule has 3 aliphatic heterocycles. The van der Waals surface area contributed by atoms with Gasteiger partial charge >= 0.3 is 11.8 Å². The Balaban J connectivity index is 1.90. The standard InChI is InChI=1S/C46H64N2O13/c1-11-12-13-14-15-16-21-59-47-23-31-36-41(54)34-33(40(31)53)35-43(29(7)39(34)52)61-46(9,44(35)55)58-22-20-32(57-10)26(4)42(60-30(8)49)28(6)38(51)27(5)37(50)24(2)18-17-19-25(3)45(56)48-36/h17-20,22-24,26-28,32,37-38,42,50-54H,11-16,21H2,1-10H3,(H,48,56)/b18-17+,22-20+,25-19-,47-23+/t24-,26+,27+,28+,32-,37-,38+,42+,46-/m0/s1. The number of carbonyl (C=O) groups is 3. The molecular weight excluding hydrogens is 789 g/mol. The second kappa shape index (κ2) is 21.1. The molecule has 0 aliphatic carbocycles. The van der Waals surface area contributed by atoms with Gasteiger partial charge in [0.15, 0.2) is 5.75 Å². The number of aliphatic hydroxyl groups is 2. The van der Waals surface area contributed by atoms with Gasteiger partial charge in [0.05, 0.1) is 53.0 Å². The van der Waals surface area contributed by atoms with Crippen molar-refractivity contribution >= 4 is 40.3 Å². The third-order valence-corrected chi connectivity index (χ3v) is 11.9. The van der Waals surface area contributed by atoms with Crippen molar-refractivity contribution in [2.45, 2.75) is 131 Å². The lowest BCUT2D eigenvalue weighted by molar-refractivity contribution is -0.160. The van der Waals surface area contributed by atoms with Gasteiger partial charge < -0.3 is 54.6 Å². The molecule has 0 saturated heterocycles. The molecule has 0 aromatic heterocycles. The van der Waals surface area contributed by atoms with E-state index in [4.69, 9.17) is 23.8 Å². The molecule has 5 bridgehead atoms. The largest absolute Gasteiger partial charge is 0.507 e. The molecule has 0 fully saturated rings. The van der Waals surface area contributed by atoms with Crippen LogP contribution < -0.4 is 10.1 Å². The number of allylic oxidation sites excluding steroid dienone is 2. The van der Waals surface area contributed by atoms with Crippen molar-refractivity contribution in [2.24, 2.45) is 28.8 Å². The number of hydrogen-bond donors (Lipinski definition) is 6. The van der Waals surface area contributed by atoms with Crippen LogP contribution in [0, 0.1) is 30.6 Å². The minimum atomic E-state index is -2.06. The molecular formula is C46H64N2O13. The van der Waals surface area contributed by atoms with Crippen molar-refractivity contribution in [3.05, 3.63) is 52.8 Å². The normalized spacial score (nSPS) is 29.5. The molecule has 61 heavy (non-hydrogen) atoms. The Kier molecular flexibility index (Phi) is 16.8. The predicted octanol–water partition coefficient (Wildman–Crippen LogP) is 7.47. The SMILES string of the molecule is CCCCCCCCO/N=C/c1c2c(O)c3c(O)c(C)c4c(c3c1O)C(=O)[C@@](C)(O/C=C/[C@H](OC)[C@@H](C)[C@@H](OC(C)=O)[C@H](C)[C@H](O)[C@H](C)[C@@H](O)[C@@H](C)/C=C/C=C(/C)C(=O)N2)O4. The second-order valence-corrected chi connectivity index (χ2v) is 16.5. The minimum Gasteiger partial charge on any atom is -0.507 e. The third kappa shape index (κ3) is 10.7. The molecule has 336 valence electrons. The summed E-state index contributed by atoms with van der Waals surface area (Å²) < 4.78 is 23.6. The lowest BCUT2D eigenvalue weighted by Crippen LogP contribution is -2.46. The van der Waals surface area contributed by atoms with Crippen LogP contribution in [0.3, 0.4) is 0 Å². The number of esters is 1. The summed E-state index contributed by atoms with van der Waals surface area (Å²) in [5.74, 6) is -8.55. The van der Waals surface area contributed by atoms with E-state index in [-0.39, 0.29) is 51.1 Å². The molecule has 0 saturated carbocycles. The number of ether oxygens (including phenoxy) is 4. The van der Waals surface area contributed by atoms with Gasteiger partial charge in [-0.15, -0.1) is 0 Å². The van der Waals surface area contributed by atoms with Gasteiger partial charge in [-0.3, -0.25) is 14.4 Å². The average Bonchev–Trinajstić information content (AvgIpc) is 3.49. The number of carbonyl (C=O) groups excluding carboxylic acids is 3. The first-order chi connectivity index (χ1) is 28.8. The van der Waals surface area contributed by atoms with E-state index in [0.29, 0.717) is 0 Å². The zero-order chi connectivity index (χ0) is 45.3. The molecule has 9 atom stereocenters. The summed E-state index contributed by atoms with van der Waals surface area (Å²) >= 11 is 0. The van der Waals surface area contributed by atoms with Crippen LogP contribution in [-0.2, 0) is 28.6 Å². The summed E-state index contributed by atoms with van der Waals surface area (Å²) in [4.78, 5) is 45.9. The highest BCUT2D eigenvalue weighted by Crippen LogP contribution is 2.55. The molecule has 0 unspecified atom stereocenters. The smallest absolute Gasteiger partial charge is 0.312 e. The summed E-state index contributed by atoms with van der Waals surface area (Å²) in [5.41, 5.74) is -0.543. The highest BCUT2D eigenvalue weighted by atomic mass is 16.7. The molecule has 15 heteroatoms. The molecule has 5 rings (SSSR count). The number of benzene rings is 2. The lowest BCUT2D eigenvalue weighted by Gasteiger charge is -2.38. The second-order valence-electron chi connectivity index (χ2n) is 16.5. The van der Waals surface area contributed by atoms with Crippen molar-refractivity contribution in [3.63, 3.8) is 0 Å². The number of unbranched alkanes of at least 4 members (excludes halogenated alkanes) is 5. The minimum absolute atomic E-state index is 0.0419. The number of aliphatic hydroxyl groups excluding tert-OH is 2. The van der Waals surface area contributed by atoms with Crippen LogP contribution in [0.15, 0.2) is 41.3 Å². The van der Waals surface area contributed by atoms with Gasteiger partial charge in [0, 0.05) is 61.2 Å². The number of methoxy groups -OCH3 is 1. The van der Waals surface area contributed by atoms with Gasteiger partial charge in [-0.1, -0.05) is 83.7 Å². The Morgan fingerprint density at radius 3 is 2.25 bits per heavy atom. The Hall–Kier alpha value is -5.12. The topological polar surface area (TPSA) is 223 Å². The number of oxime groups is 1. The van der Waals surface area contributed by atoms with Crippen LogP contribution in [-0.4, -0.2) is 93.3 Å². The maximum atomic E-state index is 14.4. The molecule has 6 N–H and O–H groups in total. The number of ketones is 1. The van der Waals surface area contributed by atoms with Gasteiger partial charge in [0.25, 0.3) is 11.7 Å². The Morgan fingerprint density at radius 1 is 0.918 bits per heavy atom. The fraction of sp³-hybridized carbons (Fsp3) is 0.565. The van der Waals surface area contributed by atoms with E-state index < -0.39 is 88.8 Å². The highest BCUT2D eigenvalue weighted by molar-refractivity contribution is 6.23. The molecule has 15 nitrogen and oxygen atoms in total. The van der Waals surface area contributed by atoms with Crippen LogP contribution in [0.1, 0.15) is 115 Å². The Bertz CT molecular complexity index is 2040. The van der Waals surface area contributed by atoms with Crippen LogP contribution in [0.5, 0.6) is 23.0 Å². The van der Waals surface area contributed by atoms with Gasteiger partial charge in [-0.05, 0) is 32.8 Å². The van der Waals surface area contributed by atoms with Gasteiger partial charge in [0.1, 0.15) is 30.0 Å². The van der Waals surface area contributed by atoms with Gasteiger partial charge in [-0.25, -0.2) is 0 Å². The number of rotatable bonds is 11. The quantitative estimate of drug-likeness (QED) is 0.0323. The number of hydrogen-bond acceptors (Lipinski definition) is 14. The van der Waals surface area contributed by atoms with E-state index >= 15 is 0 Å². The molecule has 3 aliphatic rings. The average molecular weight is 853 g/mol. The highest BCUT2D eigenvalue weighted by Gasteiger charge is 2.50. The summed E-state index contributed by atoms with van der Waals surface area (Å²) in [6.45, 7) is 14.9. The number of nitrogens with one attached hydrogen (secondary N) is 1. The fourth-order valence-corrected chi connectivity index (χ4v) is 7.96. The van der Waals surface area contributed by atoms with Crippen LogP contribution in [0.25, 0.3) is 10.8 Å². The van der Waals surface area contributed by atoms with E-state index in [2.05, 4.69) is 17.4 Å². The molecule has 2 aromatic carbocycles. The van der Waals surface area contributed by atoms with Crippen molar-refractivity contribution in [3.8, 4) is 23.0 Å². The van der Waals surface area contributed by atoms with Crippen molar-refractivity contribution in [2.75, 3.05) is 19.0 Å². The summed E-state index contributed by atoms with van der Waals surface area (Å²) in [7, 11) is 1.43. The van der Waals surface area contributed by atoms with Gasteiger partial charge in [-0.2, -0.15) is 0 Å². The molecule has 1 amide bonds. The van der Waals surface area contributed by atoms with Crippen LogP contribution >= 0.6 is 0 Å². The zero-order valence-corrected chi connectivity index (χ0v) is 37.0. The molecule has 3 heterocycles. The maximum absolute atomic E-state index is 14.4. The molecule has 0 spiro atoms. The first kappa shape index (κ1) is 48.5. The summed E-state index contributed by atoms with van der Waals surface area (Å²) in [6, 6.07) is 0. The predicted molar refractivity (Wildman–Crippen MR) is 231 cm³/mol. The van der Waals surface area contributed by atoms with Crippen molar-refractivity contribution < 1.29 is 63.7 Å². The van der Waals surface area contributed by atoms with E-state index in [1.807, 2.05) is 0 Å². The lowest BCUT2D eigenvalue weighted by atomic mass is 9.78. The summed E-state index contributed by atoms with van der Waals surface area (Å²) in [5, 5.41) is 64.3. The molecule has 2 aromatic rings. The first-order valence-corrected chi connectivity index (χ1v) is 21.1. The fourth-order valence-electron chi connectivity index (χ4n) is 7.96. The first-order valence-electron chi connectivity index (χ1n) is 21.1. The third-order valence-electron chi connectivity index (χ3n) is 11.9. The maximum Gasteiger partial charge on any atom is 0.312 e. The molecule has 0 radical (unpaired) electrons. The number of aromatic hydroxyl groups is 3. The van der Waals surface area contributed by atoms with Crippen molar-refractivity contribution in [1.82, 2.24) is 0 Å². The van der Waals surface area contributed by atoms with E-state index in [1.165, 1.54) is 53.2 Å². The van der Waals surface area contributed by atoms with Gasteiger partial charge in [0.2, 0.25) is 0 Å². The van der Waals surface area contributed by atoms with E-state index in [1.54, 1.807) is 39.8 Å². The number of anilines is 1. The van der Waals surface area contributed by atoms with Crippen LogP contribution in [0.4, 0.5) is 5.69 Å². The Morgan fingerprint density at radius 2 is 1.59 bits per heavy atom. The zero-order valence-electron chi connectivity index (χ0n) is 37.0. The Labute approximate surface area is 358 Å². The monoisotopic (exact) mass is 852 g/mol. The number of phenols is 3. The summed E-state index contributed by atoms with van der Waals surface area (Å²) in [6.07, 6.45) is 10.7. The number of fused-ring (bicyclic) bond motifs is 14. The van der Waals surface area contributed by atoms with Crippen molar-refractivity contribution in [1.29, 1.82) is 0 Å².